The average Bonchev–Trinajstić information content (AvgIpc) is 3.09. The number of aryl methyl sites for hydroxylation is 2. The molecule has 6 rings (SSSR count). The maximum absolute atomic E-state index is 7.26. The summed E-state index contributed by atoms with van der Waals surface area (Å²) in [6.45, 7) is 8.69. The average molecular weight is 768 g/mol. The van der Waals surface area contributed by atoms with Gasteiger partial charge in [-0.1, -0.05) is 121 Å². The Morgan fingerprint density at radius 1 is 0.413 bits per heavy atom. The molecule has 6 aromatic rings. The van der Waals surface area contributed by atoms with E-state index in [1.54, 1.807) is 0 Å². The highest BCUT2D eigenvalue weighted by Crippen LogP contribution is 2.54. The second-order valence-corrected chi connectivity index (χ2v) is 16.4. The topological polar surface area (TPSA) is 18.5 Å². The van der Waals surface area contributed by atoms with Crippen molar-refractivity contribution in [3.8, 4) is 22.6 Å². The Kier molecular flexibility index (Phi) is 10.4. The Hall–Kier alpha value is -3.26. The summed E-state index contributed by atoms with van der Waals surface area (Å²) in [7, 11) is -2.35. The van der Waals surface area contributed by atoms with Crippen molar-refractivity contribution < 1.29 is 9.05 Å². The molecule has 0 radical (unpaired) electrons. The van der Waals surface area contributed by atoms with Crippen LogP contribution in [0.5, 0.6) is 11.5 Å². The molecule has 0 aliphatic rings. The zero-order chi connectivity index (χ0) is 32.2. The molecule has 0 saturated heterocycles. The molecule has 2 nitrogen and oxygen atoms in total. The third kappa shape index (κ3) is 6.87. The van der Waals surface area contributed by atoms with Gasteiger partial charge in [0, 0.05) is 32.3 Å². The van der Waals surface area contributed by atoms with E-state index >= 15 is 0 Å². The van der Waals surface area contributed by atoms with Crippen LogP contribution in [0.3, 0.4) is 0 Å². The summed E-state index contributed by atoms with van der Waals surface area (Å²) in [5.74, 6) is 1.63. The Morgan fingerprint density at radius 2 is 0.674 bits per heavy atom. The number of hydrogen-bond donors (Lipinski definition) is 0. The molecule has 6 aromatic carbocycles. The van der Waals surface area contributed by atoms with E-state index in [1.165, 1.54) is 11.1 Å². The molecule has 0 aliphatic heterocycles. The summed E-state index contributed by atoms with van der Waals surface area (Å²) in [5, 5.41) is 4.59. The molecule has 0 atom stereocenters. The molecule has 0 bridgehead atoms. The fraction of sp³-hybridized carbons (Fsp3) is 0.100. The van der Waals surface area contributed by atoms with Crippen molar-refractivity contribution in [3.63, 3.8) is 0 Å². The Balaban J connectivity index is 1.58. The fourth-order valence-electron chi connectivity index (χ4n) is 5.43. The third-order valence-corrected chi connectivity index (χ3v) is 13.1. The summed E-state index contributed by atoms with van der Waals surface area (Å²) in [4.78, 5) is 0. The van der Waals surface area contributed by atoms with Crippen molar-refractivity contribution in [2.45, 2.75) is 27.7 Å². The molecule has 0 spiro atoms. The maximum atomic E-state index is 7.26. The van der Waals surface area contributed by atoms with E-state index in [-0.39, 0.29) is 0 Å². The van der Waals surface area contributed by atoms with Crippen LogP contribution in [0.25, 0.3) is 11.1 Å². The van der Waals surface area contributed by atoms with Crippen LogP contribution in [0.1, 0.15) is 22.3 Å². The van der Waals surface area contributed by atoms with Crippen LogP contribution in [0.2, 0.25) is 0 Å². The number of rotatable bonds is 9. The van der Waals surface area contributed by atoms with Crippen LogP contribution in [-0.2, 0) is 0 Å². The molecule has 0 N–H and O–H groups in total. The summed E-state index contributed by atoms with van der Waals surface area (Å²) >= 11 is 7.90. The summed E-state index contributed by atoms with van der Waals surface area (Å²) in [6, 6.07) is 46.4. The van der Waals surface area contributed by atoms with Crippen LogP contribution in [-0.4, -0.2) is 0 Å². The minimum atomic E-state index is -1.17. The van der Waals surface area contributed by atoms with Gasteiger partial charge in [0.15, 0.2) is 16.3 Å². The van der Waals surface area contributed by atoms with E-state index in [9.17, 15) is 0 Å². The highest BCUT2D eigenvalue weighted by atomic mass is 79.9. The molecule has 0 aliphatic carbocycles. The monoisotopic (exact) mass is 766 g/mol. The lowest BCUT2D eigenvalue weighted by molar-refractivity contribution is 0.616. The van der Waals surface area contributed by atoms with E-state index in [4.69, 9.17) is 9.05 Å². The zero-order valence-corrected chi connectivity index (χ0v) is 31.1. The van der Waals surface area contributed by atoms with Gasteiger partial charge in [0.25, 0.3) is 0 Å². The largest absolute Gasteiger partial charge is 0.463 e. The van der Waals surface area contributed by atoms with Gasteiger partial charge in [-0.05, 0) is 93.9 Å². The van der Waals surface area contributed by atoms with Crippen molar-refractivity contribution in [1.29, 1.82) is 0 Å². The molecular formula is C40H34Br2O2P2. The summed E-state index contributed by atoms with van der Waals surface area (Å²) in [5.41, 5.74) is 6.74. The van der Waals surface area contributed by atoms with E-state index in [2.05, 4.69) is 169 Å². The molecule has 0 aromatic heterocycles. The lowest BCUT2D eigenvalue weighted by Gasteiger charge is -2.28. The predicted molar refractivity (Wildman–Crippen MR) is 206 cm³/mol. The van der Waals surface area contributed by atoms with Gasteiger partial charge in [-0.3, -0.25) is 0 Å². The highest BCUT2D eigenvalue weighted by Gasteiger charge is 2.29. The summed E-state index contributed by atoms with van der Waals surface area (Å²) in [6.07, 6.45) is 0. The molecule has 0 unspecified atom stereocenters. The van der Waals surface area contributed by atoms with Crippen molar-refractivity contribution >= 4 is 69.4 Å². The molecule has 230 valence electrons. The second kappa shape index (κ2) is 14.7. The first kappa shape index (κ1) is 32.7. The van der Waals surface area contributed by atoms with E-state index < -0.39 is 16.3 Å². The van der Waals surface area contributed by atoms with E-state index in [0.29, 0.717) is 0 Å². The van der Waals surface area contributed by atoms with Crippen molar-refractivity contribution in [1.82, 2.24) is 0 Å². The van der Waals surface area contributed by atoms with E-state index in [0.717, 1.165) is 63.9 Å². The fourth-order valence-corrected chi connectivity index (χ4v) is 10.5. The molecule has 0 fully saturated rings. The van der Waals surface area contributed by atoms with Crippen LogP contribution < -0.4 is 30.3 Å². The SMILES string of the molecule is Cc1cc(Br)c(OP(c2ccccc2)c2ccccc2)c(-c2c(C)c(C)cc(Br)c2OP(c2ccccc2)c2ccccc2)c1C. The van der Waals surface area contributed by atoms with Crippen LogP contribution in [0.4, 0.5) is 0 Å². The molecule has 0 amide bonds. The van der Waals surface area contributed by atoms with Crippen LogP contribution >= 0.6 is 48.2 Å². The normalized spacial score (nSPS) is 11.2. The first-order valence-corrected chi connectivity index (χ1v) is 19.2. The number of benzene rings is 6. The molecule has 0 saturated carbocycles. The quantitative estimate of drug-likeness (QED) is 0.136. The Bertz CT molecular complexity index is 1730. The highest BCUT2D eigenvalue weighted by molar-refractivity contribution is 9.11. The lowest BCUT2D eigenvalue weighted by Crippen LogP contribution is -2.17. The minimum Gasteiger partial charge on any atom is -0.463 e. The van der Waals surface area contributed by atoms with Crippen molar-refractivity contribution in [2.24, 2.45) is 0 Å². The third-order valence-electron chi connectivity index (χ3n) is 8.09. The molecule has 6 heteroatoms. The first-order chi connectivity index (χ1) is 22.3. The van der Waals surface area contributed by atoms with Gasteiger partial charge in [0.05, 0.1) is 8.95 Å². The Labute approximate surface area is 291 Å². The molecular weight excluding hydrogens is 734 g/mol. The standard InChI is InChI=1S/C40H34Br2O2P2/c1-27-25-35(41)39(43-45(31-17-9-5-10-18-31)32-19-11-6-12-20-32)37(29(27)3)38-30(4)28(2)26-36(42)40(38)44-46(33-21-13-7-14-22-33)34-23-15-8-16-24-34/h5-26H,1-4H3. The van der Waals surface area contributed by atoms with Crippen LogP contribution in [0.15, 0.2) is 142 Å². The predicted octanol–water partition coefficient (Wildman–Crippen LogP) is 11.0. The van der Waals surface area contributed by atoms with Gasteiger partial charge in [0.2, 0.25) is 0 Å². The number of halogens is 2. The number of hydrogen-bond acceptors (Lipinski definition) is 2. The smallest absolute Gasteiger partial charge is 0.150 e. The van der Waals surface area contributed by atoms with Gasteiger partial charge in [-0.2, -0.15) is 0 Å². The lowest BCUT2D eigenvalue weighted by atomic mass is 9.90. The second-order valence-electron chi connectivity index (χ2n) is 11.1. The Morgan fingerprint density at radius 3 is 0.935 bits per heavy atom. The van der Waals surface area contributed by atoms with Crippen LogP contribution in [0, 0.1) is 27.7 Å². The first-order valence-electron chi connectivity index (χ1n) is 15.1. The van der Waals surface area contributed by atoms with Crippen molar-refractivity contribution in [2.75, 3.05) is 0 Å². The van der Waals surface area contributed by atoms with Gasteiger partial charge >= 0.3 is 0 Å². The van der Waals surface area contributed by atoms with E-state index in [1.807, 2.05) is 24.3 Å². The molecule has 46 heavy (non-hydrogen) atoms. The maximum Gasteiger partial charge on any atom is 0.150 e. The summed E-state index contributed by atoms with van der Waals surface area (Å²) < 4.78 is 16.3. The van der Waals surface area contributed by atoms with Gasteiger partial charge < -0.3 is 9.05 Å². The molecule has 0 heterocycles. The zero-order valence-electron chi connectivity index (χ0n) is 26.2. The minimum absolute atomic E-state index is 0.816. The van der Waals surface area contributed by atoms with Crippen molar-refractivity contribution in [3.05, 3.63) is 165 Å². The van der Waals surface area contributed by atoms with Gasteiger partial charge in [0.1, 0.15) is 11.5 Å². The van der Waals surface area contributed by atoms with Gasteiger partial charge in [-0.25, -0.2) is 0 Å². The van der Waals surface area contributed by atoms with Gasteiger partial charge in [-0.15, -0.1) is 0 Å².